The van der Waals surface area contributed by atoms with Gasteiger partial charge < -0.3 is 15.0 Å². The predicted molar refractivity (Wildman–Crippen MR) is 85.5 cm³/mol. The van der Waals surface area contributed by atoms with Crippen LogP contribution in [0.1, 0.15) is 43.5 Å². The number of aryl methyl sites for hydroxylation is 1. The van der Waals surface area contributed by atoms with Crippen LogP contribution in [0, 0.1) is 6.92 Å². The summed E-state index contributed by atoms with van der Waals surface area (Å²) in [6, 6.07) is 6.36. The number of β-amino-alcohol motifs (C(OH)–C–C–N with tert-alkyl or cyclic N) is 1. The van der Waals surface area contributed by atoms with Gasteiger partial charge in [0.1, 0.15) is 5.82 Å². The van der Waals surface area contributed by atoms with Crippen molar-refractivity contribution >= 4 is 11.0 Å². The second kappa shape index (κ2) is 6.16. The van der Waals surface area contributed by atoms with E-state index in [4.69, 9.17) is 4.98 Å². The average Bonchev–Trinajstić information content (AvgIpc) is 2.90. The molecule has 0 spiro atoms. The number of nitrogens with zero attached hydrogens (tertiary/aromatic N) is 2. The van der Waals surface area contributed by atoms with Crippen molar-refractivity contribution in [1.29, 1.82) is 0 Å². The quantitative estimate of drug-likeness (QED) is 0.909. The minimum atomic E-state index is -0.206. The van der Waals surface area contributed by atoms with Crippen LogP contribution in [0.4, 0.5) is 0 Å². The Morgan fingerprint density at radius 1 is 1.48 bits per heavy atom. The van der Waals surface area contributed by atoms with E-state index in [0.29, 0.717) is 5.92 Å². The van der Waals surface area contributed by atoms with Crippen molar-refractivity contribution in [2.45, 2.75) is 45.1 Å². The lowest BCUT2D eigenvalue weighted by Crippen LogP contribution is -2.39. The molecule has 2 unspecified atom stereocenters. The standard InChI is InChI=1S/C17H25N3O/c1-3-14(21)11-20-8-4-5-13(10-20)17-18-15-7-6-12(2)9-16(15)19-17/h6-7,9,13-14,21H,3-5,8,10-11H2,1-2H3,(H,18,19). The van der Waals surface area contributed by atoms with Crippen LogP contribution in [0.25, 0.3) is 11.0 Å². The van der Waals surface area contributed by atoms with E-state index in [2.05, 4.69) is 35.0 Å². The molecular formula is C17H25N3O. The Morgan fingerprint density at radius 2 is 2.33 bits per heavy atom. The smallest absolute Gasteiger partial charge is 0.111 e. The summed E-state index contributed by atoms with van der Waals surface area (Å²) < 4.78 is 0. The molecule has 4 nitrogen and oxygen atoms in total. The van der Waals surface area contributed by atoms with Crippen LogP contribution in [-0.2, 0) is 0 Å². The van der Waals surface area contributed by atoms with E-state index >= 15 is 0 Å². The van der Waals surface area contributed by atoms with Crippen LogP contribution in [0.15, 0.2) is 18.2 Å². The van der Waals surface area contributed by atoms with E-state index in [1.807, 2.05) is 6.92 Å². The highest BCUT2D eigenvalue weighted by Crippen LogP contribution is 2.27. The molecule has 4 heteroatoms. The number of aromatic nitrogens is 2. The topological polar surface area (TPSA) is 52.1 Å². The zero-order valence-corrected chi connectivity index (χ0v) is 13.0. The molecule has 1 saturated heterocycles. The first-order valence-corrected chi connectivity index (χ1v) is 8.02. The summed E-state index contributed by atoms with van der Waals surface area (Å²) in [5.74, 6) is 1.56. The Labute approximate surface area is 126 Å². The molecule has 1 aliphatic heterocycles. The largest absolute Gasteiger partial charge is 0.392 e. The maximum atomic E-state index is 9.85. The lowest BCUT2D eigenvalue weighted by Gasteiger charge is -2.32. The average molecular weight is 287 g/mol. The van der Waals surface area contributed by atoms with Gasteiger partial charge in [-0.2, -0.15) is 0 Å². The third-order valence-corrected chi connectivity index (χ3v) is 4.49. The van der Waals surface area contributed by atoms with Crippen LogP contribution in [0.2, 0.25) is 0 Å². The number of piperidine rings is 1. The number of rotatable bonds is 4. The van der Waals surface area contributed by atoms with E-state index in [0.717, 1.165) is 42.9 Å². The van der Waals surface area contributed by atoms with Crippen LogP contribution < -0.4 is 0 Å². The van der Waals surface area contributed by atoms with Gasteiger partial charge in [0, 0.05) is 19.0 Å². The van der Waals surface area contributed by atoms with Gasteiger partial charge in [0.2, 0.25) is 0 Å². The molecule has 21 heavy (non-hydrogen) atoms. The van der Waals surface area contributed by atoms with E-state index in [1.165, 1.54) is 18.4 Å². The van der Waals surface area contributed by atoms with Crippen molar-refractivity contribution < 1.29 is 5.11 Å². The Hall–Kier alpha value is -1.39. The number of H-pyrrole nitrogens is 1. The third kappa shape index (κ3) is 3.27. The van der Waals surface area contributed by atoms with Crippen molar-refractivity contribution in [1.82, 2.24) is 14.9 Å². The number of benzene rings is 1. The molecule has 2 atom stereocenters. The lowest BCUT2D eigenvalue weighted by atomic mass is 9.97. The number of aliphatic hydroxyl groups is 1. The monoisotopic (exact) mass is 287 g/mol. The fourth-order valence-electron chi connectivity index (χ4n) is 3.21. The third-order valence-electron chi connectivity index (χ3n) is 4.49. The number of imidazole rings is 1. The SMILES string of the molecule is CCC(O)CN1CCCC(c2nc3ccc(C)cc3[nH]2)C1. The number of hydrogen-bond acceptors (Lipinski definition) is 3. The summed E-state index contributed by atoms with van der Waals surface area (Å²) in [6.45, 7) is 7.01. The predicted octanol–water partition coefficient (Wildman–Crippen LogP) is 2.82. The highest BCUT2D eigenvalue weighted by molar-refractivity contribution is 5.75. The first-order chi connectivity index (χ1) is 10.2. The van der Waals surface area contributed by atoms with Gasteiger partial charge in [-0.05, 0) is 50.4 Å². The number of aromatic amines is 1. The highest BCUT2D eigenvalue weighted by atomic mass is 16.3. The van der Waals surface area contributed by atoms with Gasteiger partial charge in [-0.3, -0.25) is 0 Å². The van der Waals surface area contributed by atoms with E-state index in [1.54, 1.807) is 0 Å². The van der Waals surface area contributed by atoms with Crippen molar-refractivity contribution in [2.24, 2.45) is 0 Å². The highest BCUT2D eigenvalue weighted by Gasteiger charge is 2.24. The molecule has 0 saturated carbocycles. The summed E-state index contributed by atoms with van der Waals surface area (Å²) in [4.78, 5) is 10.6. The van der Waals surface area contributed by atoms with Gasteiger partial charge in [-0.15, -0.1) is 0 Å². The van der Waals surface area contributed by atoms with Gasteiger partial charge in [-0.1, -0.05) is 13.0 Å². The normalized spacial score (nSPS) is 21.8. The van der Waals surface area contributed by atoms with Gasteiger partial charge in [0.05, 0.1) is 17.1 Å². The Kier molecular flexibility index (Phi) is 4.27. The van der Waals surface area contributed by atoms with Crippen molar-refractivity contribution in [3.05, 3.63) is 29.6 Å². The summed E-state index contributed by atoms with van der Waals surface area (Å²) in [5, 5.41) is 9.85. The molecule has 2 N–H and O–H groups in total. The molecule has 1 fully saturated rings. The Balaban J connectivity index is 1.75. The molecule has 1 aliphatic rings. The van der Waals surface area contributed by atoms with Crippen LogP contribution in [0.5, 0.6) is 0 Å². The minimum absolute atomic E-state index is 0.206. The molecule has 1 aromatic carbocycles. The van der Waals surface area contributed by atoms with Crippen molar-refractivity contribution in [2.75, 3.05) is 19.6 Å². The van der Waals surface area contributed by atoms with E-state index in [-0.39, 0.29) is 6.10 Å². The number of hydrogen-bond donors (Lipinski definition) is 2. The molecule has 0 radical (unpaired) electrons. The Morgan fingerprint density at radius 3 is 3.14 bits per heavy atom. The van der Waals surface area contributed by atoms with Gasteiger partial charge in [-0.25, -0.2) is 4.98 Å². The number of likely N-dealkylation sites (tertiary alicyclic amines) is 1. The van der Waals surface area contributed by atoms with Crippen LogP contribution >= 0.6 is 0 Å². The first kappa shape index (κ1) is 14.5. The zero-order valence-electron chi connectivity index (χ0n) is 13.0. The number of fused-ring (bicyclic) bond motifs is 1. The van der Waals surface area contributed by atoms with Crippen molar-refractivity contribution in [3.8, 4) is 0 Å². The van der Waals surface area contributed by atoms with Crippen LogP contribution in [-0.4, -0.2) is 45.7 Å². The number of aliphatic hydroxyl groups excluding tert-OH is 1. The lowest BCUT2D eigenvalue weighted by molar-refractivity contribution is 0.0919. The molecular weight excluding hydrogens is 262 g/mol. The first-order valence-electron chi connectivity index (χ1n) is 8.02. The Bertz CT molecular complexity index is 607. The van der Waals surface area contributed by atoms with Gasteiger partial charge in [0.15, 0.2) is 0 Å². The van der Waals surface area contributed by atoms with E-state index in [9.17, 15) is 5.11 Å². The fraction of sp³-hybridized carbons (Fsp3) is 0.588. The van der Waals surface area contributed by atoms with Crippen LogP contribution in [0.3, 0.4) is 0 Å². The summed E-state index contributed by atoms with van der Waals surface area (Å²) in [7, 11) is 0. The maximum absolute atomic E-state index is 9.85. The van der Waals surface area contributed by atoms with Crippen molar-refractivity contribution in [3.63, 3.8) is 0 Å². The maximum Gasteiger partial charge on any atom is 0.111 e. The number of nitrogens with one attached hydrogen (secondary N) is 1. The fourth-order valence-corrected chi connectivity index (χ4v) is 3.21. The van der Waals surface area contributed by atoms with E-state index < -0.39 is 0 Å². The summed E-state index contributed by atoms with van der Waals surface area (Å²) in [5.41, 5.74) is 3.45. The molecule has 2 aromatic rings. The van der Waals surface area contributed by atoms with Gasteiger partial charge >= 0.3 is 0 Å². The molecule has 0 amide bonds. The second-order valence-electron chi connectivity index (χ2n) is 6.30. The molecule has 1 aromatic heterocycles. The molecule has 114 valence electrons. The molecule has 0 bridgehead atoms. The van der Waals surface area contributed by atoms with Gasteiger partial charge in [0.25, 0.3) is 0 Å². The molecule has 3 rings (SSSR count). The summed E-state index contributed by atoms with van der Waals surface area (Å²) >= 11 is 0. The molecule has 0 aliphatic carbocycles. The molecule has 2 heterocycles. The second-order valence-corrected chi connectivity index (χ2v) is 6.30. The summed E-state index contributed by atoms with van der Waals surface area (Å²) in [6.07, 6.45) is 2.97. The minimum Gasteiger partial charge on any atom is -0.392 e. The zero-order chi connectivity index (χ0) is 14.8.